The fourth-order valence-corrected chi connectivity index (χ4v) is 6.62. The van der Waals surface area contributed by atoms with Gasteiger partial charge in [0.15, 0.2) is 0 Å². The van der Waals surface area contributed by atoms with Crippen LogP contribution in [-0.2, 0) is 9.53 Å². The Bertz CT molecular complexity index is 1680. The fourth-order valence-electron chi connectivity index (χ4n) is 6.62. The molecule has 2 aliphatic rings. The lowest BCUT2D eigenvalue weighted by Gasteiger charge is -2.48. The number of carbonyl (C=O) groups excluding carboxylic acids is 1. The Kier molecular flexibility index (Phi) is 9.19. The lowest BCUT2D eigenvalue weighted by atomic mass is 9.77. The van der Waals surface area contributed by atoms with Gasteiger partial charge in [0.05, 0.1) is 24.7 Å². The van der Waals surface area contributed by atoms with E-state index in [0.717, 1.165) is 0 Å². The monoisotopic (exact) mass is 629 g/mol. The number of anilines is 1. The van der Waals surface area contributed by atoms with Gasteiger partial charge in [0.25, 0.3) is 0 Å². The molecule has 0 saturated carbocycles. The van der Waals surface area contributed by atoms with E-state index >= 15 is 0 Å². The highest BCUT2D eigenvalue weighted by Crippen LogP contribution is 2.48. The van der Waals surface area contributed by atoms with Gasteiger partial charge >= 0.3 is 0 Å². The molecule has 8 atom stereocenters. The highest BCUT2D eigenvalue weighted by atomic mass is 19.1. The maximum atomic E-state index is 13.8. The number of amides is 1. The van der Waals surface area contributed by atoms with Crippen LogP contribution in [0.1, 0.15) is 47.8 Å². The Balaban J connectivity index is 1.30. The second-order valence-electron chi connectivity index (χ2n) is 11.9. The van der Waals surface area contributed by atoms with Gasteiger partial charge < -0.3 is 40.3 Å². The number of hydrogen-bond acceptors (Lipinski definition) is 8. The molecule has 4 aromatic rings. The number of aliphatic hydroxyl groups is 5. The number of benzene rings is 4. The van der Waals surface area contributed by atoms with E-state index in [4.69, 9.17) is 4.74 Å². The fraction of sp³-hybridized carbons (Fsp3) is 0.306. The first-order valence-electron chi connectivity index (χ1n) is 15.2. The number of para-hydroxylation sites is 1. The van der Waals surface area contributed by atoms with Crippen molar-refractivity contribution >= 4 is 11.6 Å². The summed E-state index contributed by atoms with van der Waals surface area (Å²) in [5, 5.41) is 63.3. The van der Waals surface area contributed by atoms with E-state index in [1.807, 2.05) is 36.4 Å². The number of ether oxygens (including phenoxy) is 1. The van der Waals surface area contributed by atoms with E-state index in [1.165, 1.54) is 18.2 Å². The minimum atomic E-state index is -1.56. The molecule has 9 nitrogen and oxygen atoms in total. The van der Waals surface area contributed by atoms with Crippen LogP contribution in [0.4, 0.5) is 10.1 Å². The smallest absolute Gasteiger partial charge is 0.233 e. The number of nitrogens with zero attached hydrogens (tertiary/aromatic N) is 1. The molecule has 2 aliphatic heterocycles. The molecule has 0 spiro atoms. The van der Waals surface area contributed by atoms with Gasteiger partial charge in [-0.1, -0.05) is 66.7 Å². The first-order valence-corrected chi connectivity index (χ1v) is 15.2. The number of β-lactam (4-membered cyclic amide) rings is 1. The second-order valence-corrected chi connectivity index (χ2v) is 11.9. The molecular formula is C36H36FNO8. The normalized spacial score (nSPS) is 26.9. The Labute approximate surface area is 265 Å². The van der Waals surface area contributed by atoms with Crippen molar-refractivity contribution in [2.24, 2.45) is 5.92 Å². The zero-order valence-electron chi connectivity index (χ0n) is 24.8. The quantitative estimate of drug-likeness (QED) is 0.153. The van der Waals surface area contributed by atoms with E-state index in [9.17, 15) is 39.8 Å². The maximum Gasteiger partial charge on any atom is 0.233 e. The zero-order valence-corrected chi connectivity index (χ0v) is 24.8. The first-order chi connectivity index (χ1) is 22.2. The van der Waals surface area contributed by atoms with Gasteiger partial charge in [0.1, 0.15) is 42.1 Å². The Morgan fingerprint density at radius 2 is 1.57 bits per heavy atom. The van der Waals surface area contributed by atoms with Crippen LogP contribution < -0.4 is 4.90 Å². The topological polar surface area (TPSA) is 151 Å². The summed E-state index contributed by atoms with van der Waals surface area (Å²) in [6.45, 7) is -0.567. The molecule has 2 saturated heterocycles. The minimum absolute atomic E-state index is 0.0968. The average molecular weight is 630 g/mol. The molecule has 2 heterocycles. The van der Waals surface area contributed by atoms with Crippen molar-refractivity contribution in [2.45, 2.75) is 55.5 Å². The summed E-state index contributed by atoms with van der Waals surface area (Å²) in [5.41, 5.74) is 3.15. The van der Waals surface area contributed by atoms with E-state index in [-0.39, 0.29) is 18.1 Å². The number of phenolic OH excluding ortho intramolecular Hbond substituents is 1. The molecule has 46 heavy (non-hydrogen) atoms. The highest BCUT2D eigenvalue weighted by Gasteiger charge is 2.49. The number of rotatable bonds is 9. The molecule has 6 rings (SSSR count). The van der Waals surface area contributed by atoms with Crippen LogP contribution in [0.5, 0.6) is 5.75 Å². The lowest BCUT2D eigenvalue weighted by molar-refractivity contribution is -0.231. The Morgan fingerprint density at radius 3 is 2.28 bits per heavy atom. The second kappa shape index (κ2) is 13.3. The van der Waals surface area contributed by atoms with Gasteiger partial charge in [-0.25, -0.2) is 4.39 Å². The first kappa shape index (κ1) is 31.8. The maximum absolute atomic E-state index is 13.8. The summed E-state index contributed by atoms with van der Waals surface area (Å²) in [6.07, 6.45) is -7.15. The molecule has 1 amide bonds. The summed E-state index contributed by atoms with van der Waals surface area (Å²) >= 11 is 0. The van der Waals surface area contributed by atoms with Gasteiger partial charge in [0.2, 0.25) is 5.91 Å². The van der Waals surface area contributed by atoms with Gasteiger partial charge in [-0.3, -0.25) is 4.79 Å². The van der Waals surface area contributed by atoms with Crippen molar-refractivity contribution in [1.29, 1.82) is 0 Å². The molecule has 0 aliphatic carbocycles. The highest BCUT2D eigenvalue weighted by molar-refractivity contribution is 6.03. The van der Waals surface area contributed by atoms with Gasteiger partial charge in [-0.15, -0.1) is 0 Å². The molecule has 0 aromatic heterocycles. The van der Waals surface area contributed by atoms with Crippen molar-refractivity contribution < 1.29 is 44.6 Å². The minimum Gasteiger partial charge on any atom is -0.507 e. The molecule has 10 heteroatoms. The van der Waals surface area contributed by atoms with Crippen LogP contribution in [0.25, 0.3) is 11.1 Å². The van der Waals surface area contributed by atoms with Crippen LogP contribution in [0.2, 0.25) is 0 Å². The third kappa shape index (κ3) is 5.91. The number of halogens is 1. The Hall–Kier alpha value is -4.16. The number of carbonyl (C=O) groups is 1. The average Bonchev–Trinajstić information content (AvgIpc) is 3.06. The molecular weight excluding hydrogens is 593 g/mol. The van der Waals surface area contributed by atoms with Crippen LogP contribution in [-0.4, -0.2) is 67.6 Å². The summed E-state index contributed by atoms with van der Waals surface area (Å²) in [4.78, 5) is 15.2. The number of phenols is 1. The third-order valence-corrected chi connectivity index (χ3v) is 9.05. The van der Waals surface area contributed by atoms with E-state index < -0.39 is 61.0 Å². The molecule has 2 fully saturated rings. The van der Waals surface area contributed by atoms with Crippen molar-refractivity contribution in [2.75, 3.05) is 11.5 Å². The third-order valence-electron chi connectivity index (χ3n) is 9.05. The van der Waals surface area contributed by atoms with Crippen molar-refractivity contribution in [3.8, 4) is 16.9 Å². The van der Waals surface area contributed by atoms with Crippen LogP contribution in [0, 0.1) is 11.7 Å². The summed E-state index contributed by atoms with van der Waals surface area (Å²) in [6, 6.07) is 26.4. The number of aliphatic hydroxyl groups excluding tert-OH is 5. The van der Waals surface area contributed by atoms with Crippen molar-refractivity contribution in [3.05, 3.63) is 120 Å². The van der Waals surface area contributed by atoms with E-state index in [1.54, 1.807) is 47.4 Å². The predicted molar refractivity (Wildman–Crippen MR) is 167 cm³/mol. The predicted octanol–water partition coefficient (Wildman–Crippen LogP) is 3.93. The lowest BCUT2D eigenvalue weighted by Crippen LogP contribution is -2.55. The van der Waals surface area contributed by atoms with Gasteiger partial charge in [-0.05, 0) is 65.4 Å². The molecule has 6 N–H and O–H groups in total. The summed E-state index contributed by atoms with van der Waals surface area (Å²) in [5.74, 6) is -1.18. The molecule has 4 aromatic carbocycles. The summed E-state index contributed by atoms with van der Waals surface area (Å²) in [7, 11) is 0. The zero-order chi connectivity index (χ0) is 32.5. The van der Waals surface area contributed by atoms with Gasteiger partial charge in [0, 0.05) is 11.3 Å². The van der Waals surface area contributed by atoms with Crippen LogP contribution in [0.3, 0.4) is 0 Å². The largest absolute Gasteiger partial charge is 0.507 e. The standard InChI is InChI=1S/C36H36FNO8/c37-22-8-6-7-20(17-22)28(40)16-15-27-31(38(36(27)45)23-9-2-1-3-10-23)21-13-14-25(29(41)18-21)24-11-4-5-12-26(24)35-34(44)33(43)32(42)30(19-39)46-35/h1-14,17-18,27-28,30-35,39-44H,15-16,19H2/t27-,28+,30-,31-,32-,33+,34-,35+/m1/s1. The molecule has 0 radical (unpaired) electrons. The molecule has 0 bridgehead atoms. The van der Waals surface area contributed by atoms with Crippen molar-refractivity contribution in [3.63, 3.8) is 0 Å². The van der Waals surface area contributed by atoms with Gasteiger partial charge in [-0.2, -0.15) is 0 Å². The number of aromatic hydroxyl groups is 1. The molecule has 240 valence electrons. The summed E-state index contributed by atoms with van der Waals surface area (Å²) < 4.78 is 19.6. The SMILES string of the molecule is O=C1[C@H](CC[C@H](O)c2cccc(F)c2)[C@@H](c2ccc(-c3ccccc3[C@@H]3O[C@H](CO)[C@@H](O)[C@H](O)[C@H]3O)c(O)c2)N1c1ccccc1. The van der Waals surface area contributed by atoms with E-state index in [2.05, 4.69) is 0 Å². The molecule has 0 unspecified atom stereocenters. The van der Waals surface area contributed by atoms with Crippen LogP contribution >= 0.6 is 0 Å². The van der Waals surface area contributed by atoms with Crippen molar-refractivity contribution in [1.82, 2.24) is 0 Å². The Morgan fingerprint density at radius 1 is 0.826 bits per heavy atom. The van der Waals surface area contributed by atoms with E-state index in [0.29, 0.717) is 39.9 Å². The van der Waals surface area contributed by atoms with Crippen LogP contribution in [0.15, 0.2) is 97.1 Å². The number of hydrogen-bond donors (Lipinski definition) is 6.